The number of aliphatic imine (C=N–C) groups is 2. The number of benzene rings is 1. The van der Waals surface area contributed by atoms with E-state index in [1.54, 1.807) is 37.0 Å². The van der Waals surface area contributed by atoms with Gasteiger partial charge < -0.3 is 0 Å². The molecule has 2 aromatic heterocycles. The van der Waals surface area contributed by atoms with Gasteiger partial charge in [0.1, 0.15) is 0 Å². The van der Waals surface area contributed by atoms with E-state index >= 15 is 0 Å². The van der Waals surface area contributed by atoms with Crippen molar-refractivity contribution in [3.05, 3.63) is 82.4 Å². The van der Waals surface area contributed by atoms with E-state index in [4.69, 9.17) is 23.2 Å². The molecule has 0 aliphatic heterocycles. The largest absolute Gasteiger partial charge is 0.255 e. The number of halogens is 2. The highest BCUT2D eigenvalue weighted by Gasteiger charge is 2.06. The molecule has 4 nitrogen and oxygen atoms in total. The first-order valence-corrected chi connectivity index (χ1v) is 7.87. The summed E-state index contributed by atoms with van der Waals surface area (Å²) in [4.78, 5) is 17.0. The molecular weight excluding hydrogens is 343 g/mol. The first kappa shape index (κ1) is 16.3. The highest BCUT2D eigenvalue weighted by Crippen LogP contribution is 2.35. The van der Waals surface area contributed by atoms with Gasteiger partial charge in [0.05, 0.1) is 45.2 Å². The quantitative estimate of drug-likeness (QED) is 0.598. The smallest absolute Gasteiger partial charge is 0.0833 e. The molecule has 0 aliphatic rings. The van der Waals surface area contributed by atoms with Crippen molar-refractivity contribution in [1.29, 1.82) is 0 Å². The summed E-state index contributed by atoms with van der Waals surface area (Å²) in [6, 6.07) is 14.5. The van der Waals surface area contributed by atoms with Crippen LogP contribution in [0.5, 0.6) is 0 Å². The SMILES string of the molecule is Clc1cc(N=Cc2ccccn2)c(Cl)cc1N=Cc1ccccn1. The van der Waals surface area contributed by atoms with E-state index in [0.717, 1.165) is 11.4 Å². The van der Waals surface area contributed by atoms with Gasteiger partial charge in [-0.2, -0.15) is 0 Å². The summed E-state index contributed by atoms with van der Waals surface area (Å²) in [6.45, 7) is 0. The Labute approximate surface area is 149 Å². The zero-order chi connectivity index (χ0) is 16.8. The second-order valence-electron chi connectivity index (χ2n) is 4.78. The Morgan fingerprint density at radius 3 is 1.54 bits per heavy atom. The molecule has 0 atom stereocenters. The zero-order valence-electron chi connectivity index (χ0n) is 12.5. The van der Waals surface area contributed by atoms with Crippen LogP contribution in [-0.2, 0) is 0 Å². The average molecular weight is 355 g/mol. The fraction of sp³-hybridized carbons (Fsp3) is 0. The summed E-state index contributed by atoms with van der Waals surface area (Å²) >= 11 is 12.5. The molecule has 6 heteroatoms. The highest BCUT2D eigenvalue weighted by molar-refractivity contribution is 6.37. The fourth-order valence-electron chi connectivity index (χ4n) is 1.90. The normalized spacial score (nSPS) is 11.4. The molecular formula is C18H12Cl2N4. The second kappa shape index (κ2) is 7.81. The Kier molecular flexibility index (Phi) is 5.31. The molecule has 0 radical (unpaired) electrons. The van der Waals surface area contributed by atoms with Gasteiger partial charge >= 0.3 is 0 Å². The maximum Gasteiger partial charge on any atom is 0.0833 e. The third kappa shape index (κ3) is 4.25. The van der Waals surface area contributed by atoms with Gasteiger partial charge in [0, 0.05) is 12.4 Å². The molecule has 0 N–H and O–H groups in total. The molecule has 3 rings (SSSR count). The van der Waals surface area contributed by atoms with Crippen LogP contribution in [0.3, 0.4) is 0 Å². The van der Waals surface area contributed by atoms with E-state index in [-0.39, 0.29) is 0 Å². The summed E-state index contributed by atoms with van der Waals surface area (Å²) in [5, 5.41) is 0.916. The van der Waals surface area contributed by atoms with E-state index in [0.29, 0.717) is 21.4 Å². The molecule has 0 fully saturated rings. The number of pyridine rings is 2. The van der Waals surface area contributed by atoms with Gasteiger partial charge in [-0.05, 0) is 36.4 Å². The van der Waals surface area contributed by atoms with Crippen LogP contribution in [-0.4, -0.2) is 22.4 Å². The van der Waals surface area contributed by atoms with Gasteiger partial charge in [-0.3, -0.25) is 20.0 Å². The van der Waals surface area contributed by atoms with Crippen LogP contribution < -0.4 is 0 Å². The average Bonchev–Trinajstić information content (AvgIpc) is 2.62. The molecule has 0 amide bonds. The summed E-state index contributed by atoms with van der Waals surface area (Å²) < 4.78 is 0. The predicted octanol–water partition coefficient (Wildman–Crippen LogP) is 5.28. The number of hydrogen-bond donors (Lipinski definition) is 0. The van der Waals surface area contributed by atoms with Crippen LogP contribution in [0.25, 0.3) is 0 Å². The predicted molar refractivity (Wildman–Crippen MR) is 99.4 cm³/mol. The number of nitrogens with zero attached hydrogens (tertiary/aromatic N) is 4. The Hall–Kier alpha value is -2.56. The van der Waals surface area contributed by atoms with Gasteiger partial charge in [-0.1, -0.05) is 35.3 Å². The maximum atomic E-state index is 6.27. The maximum absolute atomic E-state index is 6.27. The summed E-state index contributed by atoms with van der Waals surface area (Å²) in [5.74, 6) is 0. The van der Waals surface area contributed by atoms with Gasteiger partial charge in [-0.25, -0.2) is 0 Å². The van der Waals surface area contributed by atoms with E-state index in [1.165, 1.54) is 0 Å². The Balaban J connectivity index is 1.83. The van der Waals surface area contributed by atoms with Crippen LogP contribution in [0.15, 0.2) is 70.9 Å². The van der Waals surface area contributed by atoms with Crippen molar-refractivity contribution in [2.75, 3.05) is 0 Å². The Morgan fingerprint density at radius 2 is 1.17 bits per heavy atom. The molecule has 24 heavy (non-hydrogen) atoms. The topological polar surface area (TPSA) is 50.5 Å². The van der Waals surface area contributed by atoms with Crippen molar-refractivity contribution in [3.63, 3.8) is 0 Å². The molecule has 0 bridgehead atoms. The minimum atomic E-state index is 0.458. The van der Waals surface area contributed by atoms with Crippen LogP contribution in [0.2, 0.25) is 10.0 Å². The molecule has 0 spiro atoms. The summed E-state index contributed by atoms with van der Waals surface area (Å²) in [5.41, 5.74) is 2.59. The van der Waals surface area contributed by atoms with E-state index in [1.807, 2.05) is 36.4 Å². The molecule has 0 unspecified atom stereocenters. The lowest BCUT2D eigenvalue weighted by Crippen LogP contribution is -1.85. The van der Waals surface area contributed by atoms with Crippen molar-refractivity contribution in [1.82, 2.24) is 9.97 Å². The summed E-state index contributed by atoms with van der Waals surface area (Å²) in [7, 11) is 0. The number of aromatic nitrogens is 2. The van der Waals surface area contributed by atoms with Gasteiger partial charge in [0.2, 0.25) is 0 Å². The highest BCUT2D eigenvalue weighted by atomic mass is 35.5. The van der Waals surface area contributed by atoms with Crippen molar-refractivity contribution < 1.29 is 0 Å². The third-order valence-corrected chi connectivity index (χ3v) is 3.67. The van der Waals surface area contributed by atoms with E-state index in [2.05, 4.69) is 20.0 Å². The summed E-state index contributed by atoms with van der Waals surface area (Å²) in [6.07, 6.45) is 6.67. The van der Waals surface area contributed by atoms with E-state index in [9.17, 15) is 0 Å². The van der Waals surface area contributed by atoms with Crippen molar-refractivity contribution in [3.8, 4) is 0 Å². The number of rotatable bonds is 4. The van der Waals surface area contributed by atoms with Crippen molar-refractivity contribution in [2.45, 2.75) is 0 Å². The molecule has 0 saturated heterocycles. The van der Waals surface area contributed by atoms with Crippen molar-refractivity contribution >= 4 is 47.0 Å². The minimum Gasteiger partial charge on any atom is -0.255 e. The van der Waals surface area contributed by atoms with Crippen molar-refractivity contribution in [2.24, 2.45) is 9.98 Å². The van der Waals surface area contributed by atoms with Gasteiger partial charge in [0.25, 0.3) is 0 Å². The molecule has 2 heterocycles. The lowest BCUT2D eigenvalue weighted by Gasteiger charge is -2.03. The molecule has 1 aromatic carbocycles. The second-order valence-corrected chi connectivity index (χ2v) is 5.60. The molecule has 0 aliphatic carbocycles. The number of hydrogen-bond acceptors (Lipinski definition) is 4. The first-order valence-electron chi connectivity index (χ1n) is 7.11. The van der Waals surface area contributed by atoms with Crippen LogP contribution in [0, 0.1) is 0 Å². The monoisotopic (exact) mass is 354 g/mol. The molecule has 118 valence electrons. The lowest BCUT2D eigenvalue weighted by atomic mass is 10.2. The zero-order valence-corrected chi connectivity index (χ0v) is 14.0. The molecule has 0 saturated carbocycles. The van der Waals surface area contributed by atoms with Crippen LogP contribution >= 0.6 is 23.2 Å². The van der Waals surface area contributed by atoms with Gasteiger partial charge in [-0.15, -0.1) is 0 Å². The van der Waals surface area contributed by atoms with Crippen LogP contribution in [0.1, 0.15) is 11.4 Å². The Bertz CT molecular complexity index is 803. The standard InChI is InChI=1S/C18H12Cl2N4/c19-15-10-18(24-12-14-6-2-4-8-22-14)16(20)9-17(15)23-11-13-5-1-3-7-21-13/h1-12H. The molecule has 3 aromatic rings. The lowest BCUT2D eigenvalue weighted by molar-refractivity contribution is 1.30. The van der Waals surface area contributed by atoms with Gasteiger partial charge in [0.15, 0.2) is 0 Å². The van der Waals surface area contributed by atoms with Crippen LogP contribution in [0.4, 0.5) is 11.4 Å². The minimum absolute atomic E-state index is 0.458. The third-order valence-electron chi connectivity index (χ3n) is 3.06. The fourth-order valence-corrected chi connectivity index (χ4v) is 2.31. The Morgan fingerprint density at radius 1 is 0.708 bits per heavy atom. The first-order chi connectivity index (χ1) is 11.7. The van der Waals surface area contributed by atoms with E-state index < -0.39 is 0 Å².